The van der Waals surface area contributed by atoms with Crippen molar-refractivity contribution in [2.75, 3.05) is 37.6 Å². The lowest BCUT2D eigenvalue weighted by Crippen LogP contribution is -2.50. The SMILES string of the molecule is O=C(CCNS(=O)(=O)c1cccc2nsnc12)N1CCN(c2ncccc2C(F)(F)F)CC1.O=C(O)C(F)(F)F. The monoisotopic (exact) mass is 614 g/mol. The number of hydrogen-bond acceptors (Lipinski definition) is 9. The van der Waals surface area contributed by atoms with Gasteiger partial charge in [0.15, 0.2) is 0 Å². The highest BCUT2D eigenvalue weighted by Gasteiger charge is 2.38. The summed E-state index contributed by atoms with van der Waals surface area (Å²) in [7, 11) is -3.89. The number of carbonyl (C=O) groups excluding carboxylic acids is 1. The van der Waals surface area contributed by atoms with Gasteiger partial charge in [-0.15, -0.1) is 0 Å². The summed E-state index contributed by atoms with van der Waals surface area (Å²) >= 11 is 0.907. The number of carboxylic acid groups (broad SMARTS) is 1. The summed E-state index contributed by atoms with van der Waals surface area (Å²) in [6, 6.07) is 6.85. The molecule has 1 amide bonds. The lowest BCUT2D eigenvalue weighted by atomic mass is 10.2. The molecule has 0 spiro atoms. The van der Waals surface area contributed by atoms with Crippen LogP contribution in [0.2, 0.25) is 0 Å². The normalized spacial score (nSPS) is 14.6. The molecule has 1 saturated heterocycles. The number of hydrogen-bond donors (Lipinski definition) is 2. The number of anilines is 1. The first kappa shape index (κ1) is 31.0. The van der Waals surface area contributed by atoms with E-state index < -0.39 is 33.9 Å². The lowest BCUT2D eigenvalue weighted by molar-refractivity contribution is -0.192. The minimum Gasteiger partial charge on any atom is -0.475 e. The highest BCUT2D eigenvalue weighted by atomic mass is 32.2. The number of carbonyl (C=O) groups is 2. The first-order valence-corrected chi connectivity index (χ1v) is 13.4. The number of aliphatic carboxylic acids is 1. The molecular formula is C21H20F6N6O5S2. The molecule has 3 aromatic rings. The molecule has 1 aliphatic rings. The molecule has 0 radical (unpaired) electrons. The van der Waals surface area contributed by atoms with Crippen molar-refractivity contribution in [1.82, 2.24) is 23.4 Å². The average molecular weight is 615 g/mol. The topological polar surface area (TPSA) is 146 Å². The van der Waals surface area contributed by atoms with Gasteiger partial charge >= 0.3 is 18.3 Å². The van der Waals surface area contributed by atoms with Gasteiger partial charge in [-0.2, -0.15) is 35.1 Å². The predicted molar refractivity (Wildman–Crippen MR) is 129 cm³/mol. The zero-order valence-electron chi connectivity index (χ0n) is 20.1. The van der Waals surface area contributed by atoms with Gasteiger partial charge in [0.2, 0.25) is 15.9 Å². The second-order valence-electron chi connectivity index (χ2n) is 8.08. The van der Waals surface area contributed by atoms with Gasteiger partial charge in [-0.25, -0.2) is 22.9 Å². The van der Waals surface area contributed by atoms with Gasteiger partial charge in [-0.3, -0.25) is 4.79 Å². The van der Waals surface area contributed by atoms with Crippen LogP contribution in [0.3, 0.4) is 0 Å². The Labute approximate surface area is 226 Å². The number of halogens is 6. The molecule has 0 bridgehead atoms. The van der Waals surface area contributed by atoms with Crippen LogP contribution in [0, 0.1) is 0 Å². The summed E-state index contributed by atoms with van der Waals surface area (Å²) in [5, 5.41) is 7.12. The van der Waals surface area contributed by atoms with Crippen molar-refractivity contribution in [2.24, 2.45) is 0 Å². The van der Waals surface area contributed by atoms with E-state index in [1.54, 1.807) is 12.1 Å². The first-order valence-electron chi connectivity index (χ1n) is 11.2. The Bertz CT molecular complexity index is 1460. The van der Waals surface area contributed by atoms with Gasteiger partial charge in [-0.05, 0) is 24.3 Å². The highest BCUT2D eigenvalue weighted by Crippen LogP contribution is 2.35. The standard InChI is InChI=1S/C19H19F3N6O3S2.C2HF3O2/c20-19(21,22)13-3-2-7-23-18(13)28-11-9-27(10-12-28)16(29)6-8-24-33(30,31)15-5-1-4-14-17(15)26-32-25-14;3-2(4,5)1(6)7/h1-5,7,24H,6,8-12H2;(H,6,7). The van der Waals surface area contributed by atoms with E-state index in [1.807, 2.05) is 0 Å². The van der Waals surface area contributed by atoms with Gasteiger partial charge in [0, 0.05) is 45.3 Å². The number of sulfonamides is 1. The number of rotatable bonds is 6. The molecule has 0 aliphatic carbocycles. The molecule has 3 heterocycles. The first-order chi connectivity index (χ1) is 18.6. The van der Waals surface area contributed by atoms with Crippen LogP contribution in [0.1, 0.15) is 12.0 Å². The average Bonchev–Trinajstić information content (AvgIpc) is 3.37. The summed E-state index contributed by atoms with van der Waals surface area (Å²) < 4.78 is 107. The van der Waals surface area contributed by atoms with E-state index in [-0.39, 0.29) is 61.3 Å². The fourth-order valence-corrected chi connectivity index (χ4v) is 5.36. The maximum atomic E-state index is 13.2. The molecule has 11 nitrogen and oxygen atoms in total. The third-order valence-corrected chi connectivity index (χ3v) is 7.47. The molecule has 40 heavy (non-hydrogen) atoms. The zero-order chi connectivity index (χ0) is 29.7. The summed E-state index contributed by atoms with van der Waals surface area (Å²) in [4.78, 5) is 28.3. The Morgan fingerprint density at radius 3 is 2.25 bits per heavy atom. The second kappa shape index (κ2) is 12.3. The van der Waals surface area contributed by atoms with Gasteiger partial charge in [0.1, 0.15) is 21.7 Å². The van der Waals surface area contributed by atoms with Gasteiger partial charge in [0.05, 0.1) is 17.3 Å². The highest BCUT2D eigenvalue weighted by molar-refractivity contribution is 7.89. The van der Waals surface area contributed by atoms with Crippen LogP contribution < -0.4 is 9.62 Å². The third-order valence-electron chi connectivity index (χ3n) is 5.44. The Morgan fingerprint density at radius 1 is 1.00 bits per heavy atom. The quantitative estimate of drug-likeness (QED) is 0.401. The second-order valence-corrected chi connectivity index (χ2v) is 10.3. The van der Waals surface area contributed by atoms with Crippen molar-refractivity contribution in [3.63, 3.8) is 0 Å². The molecule has 0 atom stereocenters. The van der Waals surface area contributed by atoms with E-state index in [0.29, 0.717) is 5.52 Å². The van der Waals surface area contributed by atoms with Crippen molar-refractivity contribution >= 4 is 50.5 Å². The van der Waals surface area contributed by atoms with E-state index in [1.165, 1.54) is 28.1 Å². The predicted octanol–water partition coefficient (Wildman–Crippen LogP) is 2.76. The molecule has 0 saturated carbocycles. The Morgan fingerprint density at radius 2 is 1.65 bits per heavy atom. The maximum absolute atomic E-state index is 13.2. The van der Waals surface area contributed by atoms with Crippen LogP contribution in [0.15, 0.2) is 41.4 Å². The van der Waals surface area contributed by atoms with Gasteiger partial charge in [0.25, 0.3) is 0 Å². The lowest BCUT2D eigenvalue weighted by Gasteiger charge is -2.36. The molecule has 2 aromatic heterocycles. The third kappa shape index (κ3) is 7.75. The largest absolute Gasteiger partial charge is 0.490 e. The number of aromatic nitrogens is 3. The number of amides is 1. The minimum atomic E-state index is -5.08. The Kier molecular flexibility index (Phi) is 9.52. The summed E-state index contributed by atoms with van der Waals surface area (Å²) in [5.74, 6) is -3.20. The van der Waals surface area contributed by atoms with Crippen LogP contribution in [0.5, 0.6) is 0 Å². The number of carboxylic acids is 1. The zero-order valence-corrected chi connectivity index (χ0v) is 21.7. The minimum absolute atomic E-state index is 0.00866. The van der Waals surface area contributed by atoms with E-state index in [9.17, 15) is 39.6 Å². The Balaban J connectivity index is 0.000000559. The molecule has 1 aliphatic heterocycles. The molecule has 1 aromatic carbocycles. The summed E-state index contributed by atoms with van der Waals surface area (Å²) in [6.07, 6.45) is -8.38. The summed E-state index contributed by atoms with van der Waals surface area (Å²) in [5.41, 5.74) is -0.0758. The van der Waals surface area contributed by atoms with Crippen molar-refractivity contribution in [1.29, 1.82) is 0 Å². The van der Waals surface area contributed by atoms with Crippen LogP contribution >= 0.6 is 11.7 Å². The van der Waals surface area contributed by atoms with Crippen LogP contribution in [-0.4, -0.2) is 82.9 Å². The fourth-order valence-electron chi connectivity index (χ4n) is 3.56. The fraction of sp³-hybridized carbons (Fsp3) is 0.381. The van der Waals surface area contributed by atoms with Gasteiger partial charge in [-0.1, -0.05) is 6.07 Å². The van der Waals surface area contributed by atoms with Crippen molar-refractivity contribution in [2.45, 2.75) is 23.7 Å². The van der Waals surface area contributed by atoms with E-state index in [0.717, 1.165) is 17.8 Å². The molecule has 19 heteroatoms. The molecule has 4 rings (SSSR count). The number of alkyl halides is 6. The number of nitrogens with zero attached hydrogens (tertiary/aromatic N) is 5. The molecule has 1 fully saturated rings. The maximum Gasteiger partial charge on any atom is 0.490 e. The van der Waals surface area contributed by atoms with E-state index in [2.05, 4.69) is 18.5 Å². The molecular weight excluding hydrogens is 594 g/mol. The number of fused-ring (bicyclic) bond motifs is 1. The van der Waals surface area contributed by atoms with E-state index >= 15 is 0 Å². The van der Waals surface area contributed by atoms with Crippen LogP contribution in [0.25, 0.3) is 11.0 Å². The van der Waals surface area contributed by atoms with Crippen LogP contribution in [0.4, 0.5) is 32.2 Å². The van der Waals surface area contributed by atoms with Crippen molar-refractivity contribution < 1.29 is 49.5 Å². The number of piperazine rings is 1. The van der Waals surface area contributed by atoms with Crippen molar-refractivity contribution in [3.8, 4) is 0 Å². The van der Waals surface area contributed by atoms with E-state index in [4.69, 9.17) is 9.90 Å². The summed E-state index contributed by atoms with van der Waals surface area (Å²) in [6.45, 7) is 0.688. The smallest absolute Gasteiger partial charge is 0.475 e. The molecule has 218 valence electrons. The van der Waals surface area contributed by atoms with Crippen molar-refractivity contribution in [3.05, 3.63) is 42.1 Å². The number of nitrogens with one attached hydrogen (secondary N) is 1. The number of benzene rings is 1. The molecule has 0 unspecified atom stereocenters. The number of pyridine rings is 1. The van der Waals surface area contributed by atoms with Crippen LogP contribution in [-0.2, 0) is 25.8 Å². The van der Waals surface area contributed by atoms with Gasteiger partial charge < -0.3 is 14.9 Å². The Hall–Kier alpha value is -3.58. The molecule has 2 N–H and O–H groups in total.